The normalized spacial score (nSPS) is 20.3. The molecule has 1 aromatic carbocycles. The smallest absolute Gasteiger partial charge is 0.243 e. The van der Waals surface area contributed by atoms with E-state index in [0.717, 1.165) is 11.7 Å². The van der Waals surface area contributed by atoms with Crippen molar-refractivity contribution in [3.05, 3.63) is 48.2 Å². The highest BCUT2D eigenvalue weighted by Gasteiger charge is 2.30. The molecule has 1 saturated heterocycles. The Hall–Kier alpha value is -1.70. The Labute approximate surface area is 142 Å². The van der Waals surface area contributed by atoms with Gasteiger partial charge in [-0.15, -0.1) is 0 Å². The Morgan fingerprint density at radius 2 is 1.79 bits per heavy atom. The van der Waals surface area contributed by atoms with Crippen molar-refractivity contribution in [2.45, 2.75) is 30.2 Å². The maximum absolute atomic E-state index is 12.6. The lowest BCUT2D eigenvalue weighted by Crippen LogP contribution is -2.48. The molecule has 6 nitrogen and oxygen atoms in total. The average molecular weight is 347 g/mol. The molecule has 2 heterocycles. The van der Waals surface area contributed by atoms with Gasteiger partial charge >= 0.3 is 0 Å². The monoisotopic (exact) mass is 347 g/mol. The van der Waals surface area contributed by atoms with E-state index in [1.165, 1.54) is 12.8 Å². The van der Waals surface area contributed by atoms with Crippen LogP contribution in [0, 0.1) is 0 Å². The van der Waals surface area contributed by atoms with Crippen LogP contribution >= 0.6 is 0 Å². The van der Waals surface area contributed by atoms with Gasteiger partial charge in [-0.25, -0.2) is 13.4 Å². The molecule has 2 fully saturated rings. The van der Waals surface area contributed by atoms with E-state index in [2.05, 4.69) is 9.88 Å². The van der Waals surface area contributed by atoms with E-state index in [-0.39, 0.29) is 0 Å². The third-order valence-electron chi connectivity index (χ3n) is 4.59. The SMILES string of the molecule is O=S(=O)(c1ccccc1)N1CCN(Cc2cnc(C3CC3)o2)CC1. The van der Waals surface area contributed by atoms with Gasteiger partial charge in [-0.1, -0.05) is 18.2 Å². The Morgan fingerprint density at radius 3 is 2.46 bits per heavy atom. The molecule has 0 N–H and O–H groups in total. The minimum absolute atomic E-state index is 0.364. The molecule has 1 aromatic heterocycles. The lowest BCUT2D eigenvalue weighted by molar-refractivity contribution is 0.170. The van der Waals surface area contributed by atoms with Crippen molar-refractivity contribution in [2.75, 3.05) is 26.2 Å². The van der Waals surface area contributed by atoms with Crippen LogP contribution < -0.4 is 0 Å². The lowest BCUT2D eigenvalue weighted by Gasteiger charge is -2.33. The predicted octanol–water partition coefficient (Wildman–Crippen LogP) is 2.06. The number of rotatable bonds is 5. The van der Waals surface area contributed by atoms with Crippen LogP contribution in [0.2, 0.25) is 0 Å². The molecule has 1 aliphatic carbocycles. The third kappa shape index (κ3) is 3.24. The summed E-state index contributed by atoms with van der Waals surface area (Å²) in [4.78, 5) is 6.92. The highest BCUT2D eigenvalue weighted by atomic mass is 32.2. The first-order valence-corrected chi connectivity index (χ1v) is 9.79. The van der Waals surface area contributed by atoms with Gasteiger partial charge in [0.1, 0.15) is 5.76 Å². The van der Waals surface area contributed by atoms with E-state index in [1.807, 2.05) is 6.07 Å². The summed E-state index contributed by atoms with van der Waals surface area (Å²) in [7, 11) is -3.39. The zero-order valence-electron chi connectivity index (χ0n) is 13.5. The van der Waals surface area contributed by atoms with Gasteiger partial charge in [0, 0.05) is 32.1 Å². The average Bonchev–Trinajstić information content (AvgIpc) is 3.36. The number of sulfonamides is 1. The number of benzene rings is 1. The number of aromatic nitrogens is 1. The number of oxazole rings is 1. The number of hydrogen-bond acceptors (Lipinski definition) is 5. The summed E-state index contributed by atoms with van der Waals surface area (Å²) in [6, 6.07) is 8.63. The minimum atomic E-state index is -3.39. The fraction of sp³-hybridized carbons (Fsp3) is 0.471. The molecule has 1 aliphatic heterocycles. The fourth-order valence-electron chi connectivity index (χ4n) is 3.00. The van der Waals surface area contributed by atoms with Crippen LogP contribution in [-0.2, 0) is 16.6 Å². The van der Waals surface area contributed by atoms with Crippen LogP contribution in [0.4, 0.5) is 0 Å². The van der Waals surface area contributed by atoms with Crippen LogP contribution in [0.1, 0.15) is 30.4 Å². The Bertz CT molecular complexity index is 791. The van der Waals surface area contributed by atoms with Crippen molar-refractivity contribution in [1.29, 1.82) is 0 Å². The number of piperazine rings is 1. The summed E-state index contributed by atoms with van der Waals surface area (Å²) in [6.45, 7) is 3.09. The van der Waals surface area contributed by atoms with Gasteiger partial charge in [0.25, 0.3) is 0 Å². The topological polar surface area (TPSA) is 66.7 Å². The van der Waals surface area contributed by atoms with Gasteiger partial charge in [-0.05, 0) is 25.0 Å². The quantitative estimate of drug-likeness (QED) is 0.828. The first kappa shape index (κ1) is 15.8. The molecule has 0 amide bonds. The van der Waals surface area contributed by atoms with Crippen LogP contribution in [0.15, 0.2) is 45.8 Å². The van der Waals surface area contributed by atoms with E-state index in [0.29, 0.717) is 43.5 Å². The highest BCUT2D eigenvalue weighted by molar-refractivity contribution is 7.89. The first-order chi connectivity index (χ1) is 11.6. The predicted molar refractivity (Wildman–Crippen MR) is 89.0 cm³/mol. The van der Waals surface area contributed by atoms with E-state index in [4.69, 9.17) is 4.42 Å². The van der Waals surface area contributed by atoms with E-state index in [1.54, 1.807) is 34.8 Å². The van der Waals surface area contributed by atoms with E-state index >= 15 is 0 Å². The summed E-state index contributed by atoms with van der Waals surface area (Å²) in [6.07, 6.45) is 4.16. The van der Waals surface area contributed by atoms with Crippen molar-refractivity contribution < 1.29 is 12.8 Å². The largest absolute Gasteiger partial charge is 0.444 e. The van der Waals surface area contributed by atoms with Crippen LogP contribution in [-0.4, -0.2) is 48.8 Å². The Balaban J connectivity index is 1.36. The van der Waals surface area contributed by atoms with Crippen LogP contribution in [0.3, 0.4) is 0 Å². The number of hydrogen-bond donors (Lipinski definition) is 0. The second-order valence-electron chi connectivity index (χ2n) is 6.43. The van der Waals surface area contributed by atoms with Crippen LogP contribution in [0.25, 0.3) is 0 Å². The van der Waals surface area contributed by atoms with Crippen molar-refractivity contribution in [3.63, 3.8) is 0 Å². The van der Waals surface area contributed by atoms with Gasteiger partial charge in [-0.2, -0.15) is 4.31 Å². The molecule has 0 atom stereocenters. The van der Waals surface area contributed by atoms with Crippen molar-refractivity contribution >= 4 is 10.0 Å². The van der Waals surface area contributed by atoms with Gasteiger partial charge in [0.05, 0.1) is 17.6 Å². The van der Waals surface area contributed by atoms with Crippen LogP contribution in [0.5, 0.6) is 0 Å². The van der Waals surface area contributed by atoms with Gasteiger partial charge < -0.3 is 4.42 Å². The maximum atomic E-state index is 12.6. The summed E-state index contributed by atoms with van der Waals surface area (Å²) in [5.74, 6) is 2.25. The second kappa shape index (κ2) is 6.31. The summed E-state index contributed by atoms with van der Waals surface area (Å²) in [5.41, 5.74) is 0. The molecule has 0 spiro atoms. The molecule has 128 valence electrons. The third-order valence-corrected chi connectivity index (χ3v) is 6.50. The maximum Gasteiger partial charge on any atom is 0.243 e. The van der Waals surface area contributed by atoms with E-state index < -0.39 is 10.0 Å². The lowest BCUT2D eigenvalue weighted by atomic mass is 10.3. The summed E-state index contributed by atoms with van der Waals surface area (Å²) in [5, 5.41) is 0. The molecular weight excluding hydrogens is 326 g/mol. The zero-order chi connectivity index (χ0) is 16.6. The molecule has 4 rings (SSSR count). The molecule has 2 aliphatic rings. The zero-order valence-corrected chi connectivity index (χ0v) is 14.3. The Morgan fingerprint density at radius 1 is 1.08 bits per heavy atom. The molecule has 0 bridgehead atoms. The standard InChI is InChI=1S/C17H21N3O3S/c21-24(22,16-4-2-1-3-5-16)20-10-8-19(9-11-20)13-15-12-18-17(23-15)14-6-7-14/h1-5,12,14H,6-11,13H2. The molecule has 1 saturated carbocycles. The molecule has 0 unspecified atom stereocenters. The highest BCUT2D eigenvalue weighted by Crippen LogP contribution is 2.39. The number of nitrogens with zero attached hydrogens (tertiary/aromatic N) is 3. The summed E-state index contributed by atoms with van der Waals surface area (Å²) >= 11 is 0. The molecule has 0 radical (unpaired) electrons. The fourth-order valence-corrected chi connectivity index (χ4v) is 4.45. The van der Waals surface area contributed by atoms with E-state index in [9.17, 15) is 8.42 Å². The van der Waals surface area contributed by atoms with Crippen molar-refractivity contribution in [3.8, 4) is 0 Å². The van der Waals surface area contributed by atoms with Gasteiger partial charge in [0.2, 0.25) is 10.0 Å². The summed E-state index contributed by atoms with van der Waals surface area (Å²) < 4.78 is 32.6. The molecule has 24 heavy (non-hydrogen) atoms. The van der Waals surface area contributed by atoms with Gasteiger partial charge in [0.15, 0.2) is 5.89 Å². The minimum Gasteiger partial charge on any atom is -0.444 e. The first-order valence-electron chi connectivity index (χ1n) is 8.35. The second-order valence-corrected chi connectivity index (χ2v) is 8.37. The molecule has 7 heteroatoms. The molecular formula is C17H21N3O3S. The van der Waals surface area contributed by atoms with Crippen molar-refractivity contribution in [1.82, 2.24) is 14.2 Å². The van der Waals surface area contributed by atoms with Crippen molar-refractivity contribution in [2.24, 2.45) is 0 Å². The Kier molecular flexibility index (Phi) is 4.15. The van der Waals surface area contributed by atoms with Gasteiger partial charge in [-0.3, -0.25) is 4.90 Å². The molecule has 2 aromatic rings.